The molecule has 1 aliphatic rings. The molecule has 0 bridgehead atoms. The number of hydrogen-bond acceptors (Lipinski definition) is 4. The predicted octanol–water partition coefficient (Wildman–Crippen LogP) is 0.616. The van der Waals surface area contributed by atoms with Crippen LogP contribution in [0.15, 0.2) is 18.2 Å². The first-order valence-corrected chi connectivity index (χ1v) is 5.08. The summed E-state index contributed by atoms with van der Waals surface area (Å²) in [6, 6.07) is 5.19. The van der Waals surface area contributed by atoms with Crippen LogP contribution in [0.25, 0.3) is 0 Å². The summed E-state index contributed by atoms with van der Waals surface area (Å²) in [5.41, 5.74) is 1.27. The highest BCUT2D eigenvalue weighted by Crippen LogP contribution is 2.31. The number of benzene rings is 1. The smallest absolute Gasteiger partial charge is 0.265 e. The van der Waals surface area contributed by atoms with E-state index in [1.165, 1.54) is 0 Å². The lowest BCUT2D eigenvalue weighted by atomic mass is 10.1. The lowest BCUT2D eigenvalue weighted by Gasteiger charge is -2.24. The second-order valence-electron chi connectivity index (χ2n) is 3.70. The summed E-state index contributed by atoms with van der Waals surface area (Å²) in [6.45, 7) is 1.69. The Labute approximate surface area is 93.4 Å². The van der Waals surface area contributed by atoms with Crippen LogP contribution in [0.2, 0.25) is 0 Å². The normalized spacial score (nSPS) is 20.7. The molecule has 2 unspecified atom stereocenters. The van der Waals surface area contributed by atoms with Crippen molar-refractivity contribution in [2.75, 3.05) is 12.4 Å². The number of carbonyl (C=O) groups is 1. The van der Waals surface area contributed by atoms with E-state index in [9.17, 15) is 9.90 Å². The molecule has 0 aliphatic carbocycles. The lowest BCUT2D eigenvalue weighted by molar-refractivity contribution is -0.122. The molecule has 5 nitrogen and oxygen atoms in total. The molecule has 0 radical (unpaired) electrons. The minimum atomic E-state index is -0.749. The van der Waals surface area contributed by atoms with Crippen molar-refractivity contribution in [3.05, 3.63) is 23.8 Å². The Morgan fingerprint density at radius 1 is 1.56 bits per heavy atom. The van der Waals surface area contributed by atoms with Crippen LogP contribution in [0.4, 0.5) is 5.69 Å². The summed E-state index contributed by atoms with van der Waals surface area (Å²) in [7, 11) is 1.65. The third kappa shape index (κ3) is 1.87. The van der Waals surface area contributed by atoms with Gasteiger partial charge in [0.2, 0.25) is 0 Å². The number of amides is 1. The van der Waals surface area contributed by atoms with Crippen LogP contribution < -0.4 is 15.4 Å². The van der Waals surface area contributed by atoms with Gasteiger partial charge in [-0.15, -0.1) is 0 Å². The molecular formula is C11H14N2O3. The molecule has 86 valence electrons. The maximum absolute atomic E-state index is 11.4. The first-order valence-electron chi connectivity index (χ1n) is 5.08. The summed E-state index contributed by atoms with van der Waals surface area (Å²) in [6.07, 6.45) is -1.23. The van der Waals surface area contributed by atoms with Crippen molar-refractivity contribution in [1.29, 1.82) is 0 Å². The Morgan fingerprint density at radius 3 is 3.00 bits per heavy atom. The second-order valence-corrected chi connectivity index (χ2v) is 3.70. The minimum absolute atomic E-state index is 0.177. The van der Waals surface area contributed by atoms with E-state index in [2.05, 4.69) is 10.6 Å². The first kappa shape index (κ1) is 10.9. The summed E-state index contributed by atoms with van der Waals surface area (Å²) < 4.78 is 5.40. The van der Waals surface area contributed by atoms with Crippen molar-refractivity contribution < 1.29 is 14.6 Å². The first-order chi connectivity index (χ1) is 7.61. The van der Waals surface area contributed by atoms with Gasteiger partial charge in [-0.2, -0.15) is 0 Å². The van der Waals surface area contributed by atoms with Crippen molar-refractivity contribution in [1.82, 2.24) is 5.32 Å². The highest BCUT2D eigenvalue weighted by molar-refractivity contribution is 5.97. The third-order valence-corrected chi connectivity index (χ3v) is 2.52. The standard InChI is InChI=1S/C11H14N2O3/c1-6-10(14)13-8-5-7(11(15)12-2)3-4-9(8)16-6/h3-6,11-12,15H,1-2H3,(H,13,14). The zero-order chi connectivity index (χ0) is 11.7. The molecule has 1 heterocycles. The number of hydrogen-bond donors (Lipinski definition) is 3. The minimum Gasteiger partial charge on any atom is -0.479 e. The number of ether oxygens (including phenoxy) is 1. The number of fused-ring (bicyclic) bond motifs is 1. The molecule has 1 aromatic carbocycles. The van der Waals surface area contributed by atoms with Crippen molar-refractivity contribution in [2.45, 2.75) is 19.3 Å². The summed E-state index contributed by atoms with van der Waals surface area (Å²) in [5.74, 6) is 0.447. The zero-order valence-electron chi connectivity index (χ0n) is 9.15. The number of aliphatic hydroxyl groups is 1. The number of anilines is 1. The van der Waals surface area contributed by atoms with Gasteiger partial charge in [0.1, 0.15) is 12.0 Å². The monoisotopic (exact) mass is 222 g/mol. The van der Waals surface area contributed by atoms with Gasteiger partial charge in [-0.1, -0.05) is 6.07 Å². The van der Waals surface area contributed by atoms with Gasteiger partial charge in [0.15, 0.2) is 6.10 Å². The van der Waals surface area contributed by atoms with Gasteiger partial charge in [0.25, 0.3) is 5.91 Å². The molecule has 2 rings (SSSR count). The van der Waals surface area contributed by atoms with Gasteiger partial charge in [0.05, 0.1) is 5.69 Å². The number of nitrogens with one attached hydrogen (secondary N) is 2. The van der Waals surface area contributed by atoms with E-state index in [0.29, 0.717) is 17.0 Å². The maximum Gasteiger partial charge on any atom is 0.265 e. The van der Waals surface area contributed by atoms with Crippen LogP contribution in [0.1, 0.15) is 18.7 Å². The lowest BCUT2D eigenvalue weighted by Crippen LogP contribution is -2.34. The van der Waals surface area contributed by atoms with Gasteiger partial charge < -0.3 is 15.2 Å². The van der Waals surface area contributed by atoms with Crippen molar-refractivity contribution in [3.8, 4) is 5.75 Å². The maximum atomic E-state index is 11.4. The van der Waals surface area contributed by atoms with E-state index >= 15 is 0 Å². The number of carbonyl (C=O) groups excluding carboxylic acids is 1. The van der Waals surface area contributed by atoms with E-state index < -0.39 is 12.3 Å². The molecule has 0 spiro atoms. The molecule has 2 atom stereocenters. The summed E-state index contributed by atoms with van der Waals surface area (Å²) in [5, 5.41) is 15.0. The van der Waals surface area contributed by atoms with Crippen molar-refractivity contribution in [2.24, 2.45) is 0 Å². The molecule has 5 heteroatoms. The van der Waals surface area contributed by atoms with Gasteiger partial charge in [-0.25, -0.2) is 0 Å². The third-order valence-electron chi connectivity index (χ3n) is 2.52. The van der Waals surface area contributed by atoms with Crippen LogP contribution in [0, 0.1) is 0 Å². The van der Waals surface area contributed by atoms with E-state index in [1.807, 2.05) is 0 Å². The summed E-state index contributed by atoms with van der Waals surface area (Å²) >= 11 is 0. The van der Waals surface area contributed by atoms with Crippen LogP contribution in [-0.4, -0.2) is 24.2 Å². The molecule has 0 aromatic heterocycles. The number of aliphatic hydroxyl groups excluding tert-OH is 1. The predicted molar refractivity (Wildman–Crippen MR) is 59.2 cm³/mol. The number of rotatable bonds is 2. The van der Waals surface area contributed by atoms with Gasteiger partial charge >= 0.3 is 0 Å². The SMILES string of the molecule is CNC(O)c1ccc2c(c1)NC(=O)C(C)O2. The Balaban J connectivity index is 2.32. The Bertz CT molecular complexity index is 420. The van der Waals surface area contributed by atoms with E-state index in [-0.39, 0.29) is 5.91 Å². The Morgan fingerprint density at radius 2 is 2.31 bits per heavy atom. The molecular weight excluding hydrogens is 208 g/mol. The Kier molecular flexibility index (Phi) is 2.80. The largest absolute Gasteiger partial charge is 0.479 e. The molecule has 0 fully saturated rings. The molecule has 1 aromatic rings. The average Bonchev–Trinajstić information content (AvgIpc) is 2.29. The second kappa shape index (κ2) is 4.11. The van der Waals surface area contributed by atoms with Crippen LogP contribution in [0.5, 0.6) is 5.75 Å². The van der Waals surface area contributed by atoms with Gasteiger partial charge in [-0.3, -0.25) is 10.1 Å². The van der Waals surface area contributed by atoms with Crippen LogP contribution in [0.3, 0.4) is 0 Å². The average molecular weight is 222 g/mol. The quantitative estimate of drug-likeness (QED) is 0.641. The molecule has 16 heavy (non-hydrogen) atoms. The van der Waals surface area contributed by atoms with Gasteiger partial charge in [-0.05, 0) is 31.7 Å². The Hall–Kier alpha value is -1.59. The van der Waals surface area contributed by atoms with Gasteiger partial charge in [0, 0.05) is 0 Å². The van der Waals surface area contributed by atoms with E-state index in [1.54, 1.807) is 32.2 Å². The molecule has 1 aliphatic heterocycles. The highest BCUT2D eigenvalue weighted by Gasteiger charge is 2.23. The highest BCUT2D eigenvalue weighted by atomic mass is 16.5. The molecule has 3 N–H and O–H groups in total. The van der Waals surface area contributed by atoms with Crippen LogP contribution >= 0.6 is 0 Å². The fourth-order valence-corrected chi connectivity index (χ4v) is 1.56. The molecule has 1 amide bonds. The summed E-state index contributed by atoms with van der Waals surface area (Å²) in [4.78, 5) is 11.4. The molecule has 0 saturated carbocycles. The fourth-order valence-electron chi connectivity index (χ4n) is 1.56. The van der Waals surface area contributed by atoms with Crippen molar-refractivity contribution >= 4 is 11.6 Å². The van der Waals surface area contributed by atoms with E-state index in [0.717, 1.165) is 0 Å². The topological polar surface area (TPSA) is 70.6 Å². The fraction of sp³-hybridized carbons (Fsp3) is 0.364. The zero-order valence-corrected chi connectivity index (χ0v) is 9.15. The van der Waals surface area contributed by atoms with Crippen molar-refractivity contribution in [3.63, 3.8) is 0 Å². The van der Waals surface area contributed by atoms with Crippen LogP contribution in [-0.2, 0) is 4.79 Å². The van der Waals surface area contributed by atoms with E-state index in [4.69, 9.17) is 4.74 Å². The molecule has 0 saturated heterocycles.